The molecular weight excluding hydrogens is 440 g/mol. The van der Waals surface area contributed by atoms with Gasteiger partial charge in [0.15, 0.2) is 0 Å². The number of carbonyl (C=O) groups excluding carboxylic acids is 2. The third-order valence-corrected chi connectivity index (χ3v) is 11.5. The normalized spacial score (nSPS) is 49.7. The molecule has 0 aromatic carbocycles. The molecule has 11 atom stereocenters. The number of Topliss-reactive ketones (excluding diaryl/α,β-unsaturated/α-hetero) is 2. The number of hydrogen-bond acceptors (Lipinski definition) is 2. The fourth-order valence-corrected chi connectivity index (χ4v) is 10.2. The molecule has 0 radical (unpaired) electrons. The first-order valence-electron chi connectivity index (χ1n) is 14.0. The summed E-state index contributed by atoms with van der Waals surface area (Å²) in [6.45, 7) is 0. The molecule has 3 saturated carbocycles. The minimum absolute atomic E-state index is 0.0369. The average molecular weight is 471 g/mol. The van der Waals surface area contributed by atoms with Gasteiger partial charge in [-0.25, -0.2) is 0 Å². The molecule has 11 unspecified atom stereocenters. The van der Waals surface area contributed by atoms with Crippen molar-refractivity contribution in [1.82, 2.24) is 0 Å². The van der Waals surface area contributed by atoms with Crippen LogP contribution in [-0.4, -0.2) is 11.6 Å². The van der Waals surface area contributed by atoms with Gasteiger partial charge < -0.3 is 0 Å². The Hall–Kier alpha value is -3.00. The van der Waals surface area contributed by atoms with Gasteiger partial charge in [0.25, 0.3) is 0 Å². The molecule has 0 amide bonds. The smallest absolute Gasteiger partial charge is 0.148 e. The third-order valence-electron chi connectivity index (χ3n) is 11.5. The van der Waals surface area contributed by atoms with Crippen molar-refractivity contribution in [3.05, 3.63) is 107 Å². The lowest BCUT2D eigenvalue weighted by molar-refractivity contribution is -0.148. The van der Waals surface area contributed by atoms with Gasteiger partial charge in [-0.3, -0.25) is 9.59 Å². The average Bonchev–Trinajstić information content (AvgIpc) is 2.89. The molecule has 9 aliphatic rings. The van der Waals surface area contributed by atoms with E-state index in [2.05, 4.69) is 85.1 Å². The summed E-state index contributed by atoms with van der Waals surface area (Å²) in [5.74, 6) is 3.64. The Morgan fingerprint density at radius 1 is 0.806 bits per heavy atom. The van der Waals surface area contributed by atoms with E-state index in [4.69, 9.17) is 0 Å². The zero-order valence-electron chi connectivity index (χ0n) is 20.3. The summed E-state index contributed by atoms with van der Waals surface area (Å²) in [5, 5.41) is 0. The summed E-state index contributed by atoms with van der Waals surface area (Å²) in [7, 11) is 0. The van der Waals surface area contributed by atoms with Crippen LogP contribution in [0.4, 0.5) is 0 Å². The molecular formula is C34H30O2. The van der Waals surface area contributed by atoms with Crippen LogP contribution in [0.15, 0.2) is 107 Å². The van der Waals surface area contributed by atoms with Crippen molar-refractivity contribution in [2.45, 2.75) is 19.3 Å². The lowest BCUT2D eigenvalue weighted by Gasteiger charge is -2.66. The summed E-state index contributed by atoms with van der Waals surface area (Å²) in [4.78, 5) is 27.3. The van der Waals surface area contributed by atoms with Gasteiger partial charge in [0.2, 0.25) is 0 Å². The Morgan fingerprint density at radius 3 is 2.58 bits per heavy atom. The highest BCUT2D eigenvalue weighted by molar-refractivity contribution is 5.93. The largest absolute Gasteiger partial charge is 0.298 e. The summed E-state index contributed by atoms with van der Waals surface area (Å²) < 4.78 is 0. The second-order valence-corrected chi connectivity index (χ2v) is 12.6. The van der Waals surface area contributed by atoms with Crippen LogP contribution < -0.4 is 0 Å². The van der Waals surface area contributed by atoms with Gasteiger partial charge in [-0.2, -0.15) is 0 Å². The molecule has 2 heteroatoms. The molecule has 9 rings (SSSR count). The first-order valence-corrected chi connectivity index (χ1v) is 14.0. The standard InChI is InChI=1S/C34H30O2/c35-30-17-19-16-29-22(11-12-27-21-7-3-4-8-25(21)33(36)28-13-14-34(27,28)29)24-10-9-23-20-6-2-1-5-18(20)15-26(30)32(23)31(19)24/h1-10,13-16,20-22,24-29,31H,11-12,17H2. The molecule has 1 spiro atoms. The molecule has 0 heterocycles. The molecule has 3 fully saturated rings. The zero-order valence-corrected chi connectivity index (χ0v) is 20.3. The van der Waals surface area contributed by atoms with E-state index in [1.54, 1.807) is 0 Å². The van der Waals surface area contributed by atoms with Gasteiger partial charge in [-0.15, -0.1) is 0 Å². The van der Waals surface area contributed by atoms with Crippen molar-refractivity contribution in [3.63, 3.8) is 0 Å². The third kappa shape index (κ3) is 2.18. The quantitative estimate of drug-likeness (QED) is 0.404. The van der Waals surface area contributed by atoms with Gasteiger partial charge in [0, 0.05) is 35.5 Å². The summed E-state index contributed by atoms with van der Waals surface area (Å²) in [6.07, 6.45) is 34.8. The van der Waals surface area contributed by atoms with Crippen LogP contribution in [0.3, 0.4) is 0 Å². The van der Waals surface area contributed by atoms with Crippen LogP contribution in [0.25, 0.3) is 0 Å². The van der Waals surface area contributed by atoms with Crippen molar-refractivity contribution in [2.75, 3.05) is 0 Å². The number of carbonyl (C=O) groups is 2. The molecule has 0 saturated heterocycles. The molecule has 178 valence electrons. The molecule has 0 N–H and O–H groups in total. The Bertz CT molecular complexity index is 1420. The molecule has 0 bridgehead atoms. The highest BCUT2D eigenvalue weighted by Crippen LogP contribution is 2.70. The number of fused-ring (bicyclic) bond motifs is 6. The van der Waals surface area contributed by atoms with Gasteiger partial charge in [0.05, 0.1) is 5.92 Å². The maximum absolute atomic E-state index is 13.7. The summed E-state index contributed by atoms with van der Waals surface area (Å²) in [5.41, 5.74) is 5.35. The second-order valence-electron chi connectivity index (χ2n) is 12.6. The van der Waals surface area contributed by atoms with Gasteiger partial charge in [-0.1, -0.05) is 90.6 Å². The lowest BCUT2D eigenvalue weighted by Crippen LogP contribution is -2.63. The van der Waals surface area contributed by atoms with Crippen LogP contribution >= 0.6 is 0 Å². The van der Waals surface area contributed by atoms with Crippen LogP contribution in [0.2, 0.25) is 0 Å². The van der Waals surface area contributed by atoms with Crippen molar-refractivity contribution < 1.29 is 9.59 Å². The lowest BCUT2D eigenvalue weighted by atomic mass is 9.37. The van der Waals surface area contributed by atoms with Crippen LogP contribution in [0.1, 0.15) is 19.3 Å². The summed E-state index contributed by atoms with van der Waals surface area (Å²) >= 11 is 0. The van der Waals surface area contributed by atoms with Crippen molar-refractivity contribution in [1.29, 1.82) is 0 Å². The number of rotatable bonds is 0. The van der Waals surface area contributed by atoms with Gasteiger partial charge >= 0.3 is 0 Å². The highest BCUT2D eigenvalue weighted by atomic mass is 16.1. The molecule has 0 aromatic heterocycles. The molecule has 0 aromatic rings. The van der Waals surface area contributed by atoms with Crippen molar-refractivity contribution in [2.24, 2.45) is 64.6 Å². The van der Waals surface area contributed by atoms with E-state index < -0.39 is 0 Å². The molecule has 9 aliphatic carbocycles. The second kappa shape index (κ2) is 6.65. The van der Waals surface area contributed by atoms with Crippen LogP contribution in [0, 0.1) is 64.6 Å². The molecule has 0 aliphatic heterocycles. The Balaban J connectivity index is 1.19. The van der Waals surface area contributed by atoms with E-state index in [0.717, 1.165) is 0 Å². The molecule has 2 nitrogen and oxygen atoms in total. The van der Waals surface area contributed by atoms with Crippen LogP contribution in [-0.2, 0) is 9.59 Å². The predicted octanol–water partition coefficient (Wildman–Crippen LogP) is 6.05. The maximum Gasteiger partial charge on any atom is 0.148 e. The van der Waals surface area contributed by atoms with E-state index in [1.807, 2.05) is 0 Å². The highest BCUT2D eigenvalue weighted by Gasteiger charge is 2.66. The van der Waals surface area contributed by atoms with E-state index in [0.29, 0.717) is 53.5 Å². The fourth-order valence-electron chi connectivity index (χ4n) is 10.2. The maximum atomic E-state index is 13.7. The topological polar surface area (TPSA) is 34.1 Å². The SMILES string of the molecule is O=C1CC2=CC3C(CCC4C5C=CC=CC5C(=O)C5C=CC534)C3C=CC4=C(C1C=C1C=CC=CC14)C23. The van der Waals surface area contributed by atoms with E-state index in [1.165, 1.54) is 35.1 Å². The first kappa shape index (κ1) is 20.1. The molecule has 36 heavy (non-hydrogen) atoms. The van der Waals surface area contributed by atoms with Crippen LogP contribution in [0.5, 0.6) is 0 Å². The minimum atomic E-state index is -0.0619. The minimum Gasteiger partial charge on any atom is -0.298 e. The monoisotopic (exact) mass is 470 g/mol. The fraction of sp³-hybridized carbons (Fsp3) is 0.412. The first-order chi connectivity index (χ1) is 17.7. The predicted molar refractivity (Wildman–Crippen MR) is 139 cm³/mol. The Kier molecular flexibility index (Phi) is 3.71. The number of ketones is 2. The van der Waals surface area contributed by atoms with E-state index >= 15 is 0 Å². The number of hydrogen-bond donors (Lipinski definition) is 0. The summed E-state index contributed by atoms with van der Waals surface area (Å²) in [6, 6.07) is 0. The van der Waals surface area contributed by atoms with Crippen molar-refractivity contribution >= 4 is 11.6 Å². The Labute approximate surface area is 212 Å². The van der Waals surface area contributed by atoms with Gasteiger partial charge in [-0.05, 0) is 59.2 Å². The van der Waals surface area contributed by atoms with E-state index in [-0.39, 0.29) is 29.1 Å². The van der Waals surface area contributed by atoms with E-state index in [9.17, 15) is 9.59 Å². The Morgan fingerprint density at radius 2 is 1.69 bits per heavy atom. The van der Waals surface area contributed by atoms with Crippen molar-refractivity contribution in [3.8, 4) is 0 Å². The number of allylic oxidation sites excluding steroid dienone is 18. The zero-order chi connectivity index (χ0) is 23.8. The van der Waals surface area contributed by atoms with Gasteiger partial charge in [0.1, 0.15) is 11.6 Å².